The molecule has 44 heavy (non-hydrogen) atoms. The van der Waals surface area contributed by atoms with Crippen LogP contribution in [0, 0.1) is 17.5 Å². The predicted molar refractivity (Wildman–Crippen MR) is 168 cm³/mol. The van der Waals surface area contributed by atoms with Crippen molar-refractivity contribution in [2.24, 2.45) is 0 Å². The lowest BCUT2D eigenvalue weighted by Gasteiger charge is -2.41. The molecule has 1 saturated carbocycles. The number of amides is 1. The molecule has 1 saturated heterocycles. The molecule has 2 fully saturated rings. The highest BCUT2D eigenvalue weighted by atomic mass is 35.5. The minimum absolute atomic E-state index is 0.0107. The molecule has 3 aliphatic rings. The normalized spacial score (nSPS) is 19.9. The molecule has 3 aromatic rings. The summed E-state index contributed by atoms with van der Waals surface area (Å²) in [5, 5.41) is 8.08. The third kappa shape index (κ3) is 6.70. The van der Waals surface area contributed by atoms with Crippen LogP contribution in [0.3, 0.4) is 0 Å². The minimum atomic E-state index is -1.18. The quantitative estimate of drug-likeness (QED) is 0.241. The van der Waals surface area contributed by atoms with Crippen LogP contribution in [0.5, 0.6) is 0 Å². The highest BCUT2D eigenvalue weighted by molar-refractivity contribution is 6.42. The molecule has 2 heterocycles. The van der Waals surface area contributed by atoms with E-state index in [9.17, 15) is 18.0 Å². The number of piperazine rings is 1. The van der Waals surface area contributed by atoms with Gasteiger partial charge in [-0.25, -0.2) is 13.2 Å². The maximum absolute atomic E-state index is 14.4. The van der Waals surface area contributed by atoms with Crippen LogP contribution in [0.15, 0.2) is 60.2 Å². The van der Waals surface area contributed by atoms with Gasteiger partial charge in [0.15, 0.2) is 11.6 Å². The molecule has 0 aromatic heterocycles. The van der Waals surface area contributed by atoms with Gasteiger partial charge in [0, 0.05) is 62.0 Å². The first kappa shape index (κ1) is 31.1. The molecule has 1 aliphatic carbocycles. The van der Waals surface area contributed by atoms with Gasteiger partial charge < -0.3 is 15.5 Å². The number of fused-ring (bicyclic) bond motifs is 2. The van der Waals surface area contributed by atoms with Crippen LogP contribution < -0.4 is 10.6 Å². The lowest BCUT2D eigenvalue weighted by atomic mass is 9.83. The summed E-state index contributed by atoms with van der Waals surface area (Å²) >= 11 is 12.8. The average Bonchev–Trinajstić information content (AvgIpc) is 3.85. The monoisotopic (exact) mass is 642 g/mol. The molecule has 0 radical (unpaired) electrons. The summed E-state index contributed by atoms with van der Waals surface area (Å²) in [6, 6.07) is 15.5. The standard InChI is InChI=1S/C34H35Cl2F3N4O/c1-2-42(18-23-12-24(37)13-29(38)33(23)39)17-20-6-8-21(9-7-20)27-14-25-15-40-16-30(41-25)31(27)34(44)43(26-10-11-26)19-22-4-3-5-28(35)32(22)36/h3-9,12-13,25-26,30,40-41H,2,10-11,14-19H2,1H3/t25-,30+/m0/s1. The highest BCUT2D eigenvalue weighted by Gasteiger charge is 2.41. The van der Waals surface area contributed by atoms with Crippen LogP contribution in [0.4, 0.5) is 13.2 Å². The number of nitrogens with one attached hydrogen (secondary N) is 2. The first-order valence-corrected chi connectivity index (χ1v) is 15.9. The van der Waals surface area contributed by atoms with E-state index in [0.717, 1.165) is 53.3 Å². The van der Waals surface area contributed by atoms with Crippen LogP contribution in [0.1, 0.15) is 48.4 Å². The Balaban J connectivity index is 1.27. The molecule has 10 heteroatoms. The largest absolute Gasteiger partial charge is 0.331 e. The van der Waals surface area contributed by atoms with Gasteiger partial charge in [-0.2, -0.15) is 0 Å². The van der Waals surface area contributed by atoms with E-state index >= 15 is 0 Å². The van der Waals surface area contributed by atoms with Gasteiger partial charge in [0.1, 0.15) is 5.82 Å². The molecule has 1 amide bonds. The van der Waals surface area contributed by atoms with Gasteiger partial charge in [0.25, 0.3) is 5.91 Å². The first-order chi connectivity index (χ1) is 21.2. The van der Waals surface area contributed by atoms with Gasteiger partial charge in [0.05, 0.1) is 16.1 Å². The predicted octanol–water partition coefficient (Wildman–Crippen LogP) is 6.71. The molecule has 2 bridgehead atoms. The Kier molecular flexibility index (Phi) is 9.36. The summed E-state index contributed by atoms with van der Waals surface area (Å²) in [6.07, 6.45) is 2.63. The number of nitrogens with zero attached hydrogens (tertiary/aromatic N) is 2. The number of carbonyl (C=O) groups is 1. The number of benzene rings is 3. The fourth-order valence-corrected chi connectivity index (χ4v) is 6.69. The topological polar surface area (TPSA) is 47.6 Å². The molecule has 3 aromatic carbocycles. The van der Waals surface area contributed by atoms with Crippen molar-refractivity contribution in [3.8, 4) is 0 Å². The van der Waals surface area contributed by atoms with Crippen molar-refractivity contribution >= 4 is 34.7 Å². The molecule has 5 nitrogen and oxygen atoms in total. The molecule has 0 unspecified atom stereocenters. The van der Waals surface area contributed by atoms with Crippen LogP contribution in [-0.4, -0.2) is 53.5 Å². The number of halogens is 5. The molecule has 2 aliphatic heterocycles. The van der Waals surface area contributed by atoms with E-state index < -0.39 is 17.5 Å². The fraction of sp³-hybridized carbons (Fsp3) is 0.382. The Bertz CT molecular complexity index is 1580. The number of carbonyl (C=O) groups excluding carboxylic acids is 1. The fourth-order valence-electron chi connectivity index (χ4n) is 6.31. The summed E-state index contributed by atoms with van der Waals surface area (Å²) in [7, 11) is 0. The molecule has 2 atom stereocenters. The smallest absolute Gasteiger partial charge is 0.252 e. The van der Waals surface area contributed by atoms with Crippen LogP contribution in [0.2, 0.25) is 10.0 Å². The zero-order chi connectivity index (χ0) is 31.0. The van der Waals surface area contributed by atoms with Crippen molar-refractivity contribution in [1.29, 1.82) is 0 Å². The van der Waals surface area contributed by atoms with Gasteiger partial charge in [-0.1, -0.05) is 66.5 Å². The van der Waals surface area contributed by atoms with E-state index in [0.29, 0.717) is 48.7 Å². The second kappa shape index (κ2) is 13.2. The van der Waals surface area contributed by atoms with Crippen molar-refractivity contribution < 1.29 is 18.0 Å². The Morgan fingerprint density at radius 3 is 2.45 bits per heavy atom. The van der Waals surface area contributed by atoms with Crippen LogP contribution in [-0.2, 0) is 24.4 Å². The van der Waals surface area contributed by atoms with E-state index in [1.807, 2.05) is 53.1 Å². The molecule has 0 spiro atoms. The number of hydrogen-bond donors (Lipinski definition) is 2. The summed E-state index contributed by atoms with van der Waals surface area (Å²) in [6.45, 7) is 4.94. The van der Waals surface area contributed by atoms with E-state index in [-0.39, 0.29) is 36.1 Å². The van der Waals surface area contributed by atoms with Crippen molar-refractivity contribution in [3.63, 3.8) is 0 Å². The highest BCUT2D eigenvalue weighted by Crippen LogP contribution is 2.37. The molecule has 6 rings (SSSR count). The third-order valence-electron chi connectivity index (χ3n) is 8.77. The van der Waals surface area contributed by atoms with Gasteiger partial charge in [-0.05, 0) is 60.2 Å². The van der Waals surface area contributed by atoms with Crippen molar-refractivity contribution in [2.75, 3.05) is 19.6 Å². The van der Waals surface area contributed by atoms with Gasteiger partial charge in [-0.15, -0.1) is 0 Å². The van der Waals surface area contributed by atoms with Crippen LogP contribution >= 0.6 is 23.2 Å². The van der Waals surface area contributed by atoms with E-state index in [4.69, 9.17) is 23.2 Å². The van der Waals surface area contributed by atoms with E-state index in [1.54, 1.807) is 6.07 Å². The zero-order valence-electron chi connectivity index (χ0n) is 24.5. The summed E-state index contributed by atoms with van der Waals surface area (Å²) in [4.78, 5) is 18.3. The molecular weight excluding hydrogens is 608 g/mol. The van der Waals surface area contributed by atoms with Gasteiger partial charge in [0.2, 0.25) is 0 Å². The Labute approximate surface area is 266 Å². The lowest BCUT2D eigenvalue weighted by Crippen LogP contribution is -2.60. The number of rotatable bonds is 10. The van der Waals surface area contributed by atoms with Gasteiger partial charge in [-0.3, -0.25) is 9.69 Å². The Hall–Kier alpha value is -2.88. The zero-order valence-corrected chi connectivity index (χ0v) is 26.0. The summed E-state index contributed by atoms with van der Waals surface area (Å²) < 4.78 is 41.8. The minimum Gasteiger partial charge on any atom is -0.331 e. The second-order valence-corrected chi connectivity index (χ2v) is 12.7. The summed E-state index contributed by atoms with van der Waals surface area (Å²) in [5.41, 5.74) is 4.62. The molecule has 2 N–H and O–H groups in total. The van der Waals surface area contributed by atoms with E-state index in [2.05, 4.69) is 10.6 Å². The Morgan fingerprint density at radius 1 is 0.955 bits per heavy atom. The maximum Gasteiger partial charge on any atom is 0.252 e. The van der Waals surface area contributed by atoms with Crippen molar-refractivity contribution in [1.82, 2.24) is 20.4 Å². The molecular formula is C34H35Cl2F3N4O. The average molecular weight is 644 g/mol. The maximum atomic E-state index is 14.4. The van der Waals surface area contributed by atoms with E-state index in [1.165, 1.54) is 0 Å². The lowest BCUT2D eigenvalue weighted by molar-refractivity contribution is -0.128. The van der Waals surface area contributed by atoms with Crippen molar-refractivity contribution in [3.05, 3.63) is 110 Å². The SMILES string of the molecule is CCN(Cc1ccc(C2=C(C(=O)N(Cc3cccc(Cl)c3Cl)C3CC3)[C@H]3CNC[C@H](C2)N3)cc1)Cc1cc(F)cc(F)c1F. The third-order valence-corrected chi connectivity index (χ3v) is 9.63. The second-order valence-electron chi connectivity index (χ2n) is 11.9. The first-order valence-electron chi connectivity index (χ1n) is 15.1. The molecule has 232 valence electrons. The van der Waals surface area contributed by atoms with Crippen LogP contribution in [0.25, 0.3) is 5.57 Å². The number of hydrogen-bond acceptors (Lipinski definition) is 4. The van der Waals surface area contributed by atoms with Gasteiger partial charge >= 0.3 is 0 Å². The Morgan fingerprint density at radius 2 is 1.73 bits per heavy atom. The summed E-state index contributed by atoms with van der Waals surface area (Å²) in [5.74, 6) is -2.98. The van der Waals surface area contributed by atoms with Crippen molar-refractivity contribution in [2.45, 2.75) is 63.9 Å².